The van der Waals surface area contributed by atoms with Crippen LogP contribution in [-0.2, 0) is 0 Å². The lowest BCUT2D eigenvalue weighted by atomic mass is 10.00. The summed E-state index contributed by atoms with van der Waals surface area (Å²) >= 11 is 0. The zero-order valence-corrected chi connectivity index (χ0v) is 14.8. The van der Waals surface area contributed by atoms with Gasteiger partial charge in [0.2, 0.25) is 0 Å². The third kappa shape index (κ3) is 2.62. The van der Waals surface area contributed by atoms with E-state index in [-0.39, 0.29) is 0 Å². The van der Waals surface area contributed by atoms with Crippen molar-refractivity contribution in [3.05, 3.63) is 90.8 Å². The van der Waals surface area contributed by atoms with Crippen molar-refractivity contribution in [1.29, 1.82) is 0 Å². The number of fused-ring (bicyclic) bond motifs is 2. The molecule has 3 heterocycles. The topological polar surface area (TPSA) is 38.2 Å². The van der Waals surface area contributed by atoms with Crippen molar-refractivity contribution in [2.24, 2.45) is 0 Å². The van der Waals surface area contributed by atoms with Crippen molar-refractivity contribution in [1.82, 2.24) is 9.97 Å². The lowest BCUT2D eigenvalue weighted by Crippen LogP contribution is -2.19. The fourth-order valence-corrected chi connectivity index (χ4v) is 3.40. The quantitative estimate of drug-likeness (QED) is 0.389. The van der Waals surface area contributed by atoms with E-state index < -0.39 is 0 Å². The Balaban J connectivity index is 1.79. The largest absolute Gasteiger partial charge is 0.450 e. The van der Waals surface area contributed by atoms with Gasteiger partial charge in [0.05, 0.1) is 5.69 Å². The van der Waals surface area contributed by atoms with Crippen LogP contribution in [-0.4, -0.2) is 9.97 Å². The Bertz CT molecular complexity index is 1080. The second kappa shape index (κ2) is 6.25. The van der Waals surface area contributed by atoms with E-state index in [2.05, 4.69) is 64.3 Å². The third-order valence-electron chi connectivity index (χ3n) is 4.62. The Labute approximate surface area is 157 Å². The summed E-state index contributed by atoms with van der Waals surface area (Å²) in [4.78, 5) is 11.3. The highest BCUT2D eigenvalue weighted by molar-refractivity contribution is 5.90. The predicted octanol–water partition coefficient (Wildman–Crippen LogP) is 6.03. The van der Waals surface area contributed by atoms with Gasteiger partial charge in [-0.3, -0.25) is 4.90 Å². The normalized spacial score (nSPS) is 12.1. The van der Waals surface area contributed by atoms with Crippen LogP contribution in [0.1, 0.15) is 5.56 Å². The smallest absolute Gasteiger partial charge is 0.182 e. The van der Waals surface area contributed by atoms with Crippen LogP contribution in [0.15, 0.2) is 85.2 Å². The summed E-state index contributed by atoms with van der Waals surface area (Å²) in [5, 5.41) is 0. The van der Waals surface area contributed by atoms with E-state index in [0.717, 1.165) is 39.9 Å². The van der Waals surface area contributed by atoms with Gasteiger partial charge in [-0.1, -0.05) is 42.0 Å². The highest BCUT2D eigenvalue weighted by Crippen LogP contribution is 2.50. The fourth-order valence-electron chi connectivity index (χ4n) is 3.40. The molecular weight excluding hydrogens is 334 g/mol. The minimum Gasteiger partial charge on any atom is -0.450 e. The summed E-state index contributed by atoms with van der Waals surface area (Å²) in [5.41, 5.74) is 4.51. The van der Waals surface area contributed by atoms with E-state index in [9.17, 15) is 0 Å². The number of anilines is 3. The minimum atomic E-state index is 0.720. The molecule has 1 aliphatic heterocycles. The van der Waals surface area contributed by atoms with E-state index in [1.54, 1.807) is 12.4 Å². The molecule has 27 heavy (non-hydrogen) atoms. The first-order valence-electron chi connectivity index (χ1n) is 8.85. The van der Waals surface area contributed by atoms with Gasteiger partial charge < -0.3 is 4.74 Å². The predicted molar refractivity (Wildman–Crippen MR) is 107 cm³/mol. The maximum atomic E-state index is 6.03. The lowest BCUT2D eigenvalue weighted by Gasteiger charge is -2.31. The van der Waals surface area contributed by atoms with Crippen LogP contribution in [0, 0.1) is 6.92 Å². The SMILES string of the molecule is Cc1ccc(N2c3ncccc3Oc3cccnc32)c(-c2ccccc2)c1. The summed E-state index contributed by atoms with van der Waals surface area (Å²) in [7, 11) is 0. The van der Waals surface area contributed by atoms with E-state index >= 15 is 0 Å². The second-order valence-electron chi connectivity index (χ2n) is 6.47. The van der Waals surface area contributed by atoms with E-state index in [4.69, 9.17) is 4.74 Å². The number of nitrogens with zero attached hydrogens (tertiary/aromatic N) is 3. The van der Waals surface area contributed by atoms with Gasteiger partial charge >= 0.3 is 0 Å². The zero-order valence-electron chi connectivity index (χ0n) is 14.8. The Morgan fingerprint density at radius 2 is 1.41 bits per heavy atom. The van der Waals surface area contributed by atoms with E-state index in [0.29, 0.717) is 0 Å². The number of ether oxygens (including phenoxy) is 1. The van der Waals surface area contributed by atoms with Crippen LogP contribution in [0.25, 0.3) is 11.1 Å². The zero-order chi connectivity index (χ0) is 18.2. The van der Waals surface area contributed by atoms with Gasteiger partial charge in [0.15, 0.2) is 23.1 Å². The lowest BCUT2D eigenvalue weighted by molar-refractivity contribution is 0.471. The van der Waals surface area contributed by atoms with Crippen LogP contribution < -0.4 is 9.64 Å². The van der Waals surface area contributed by atoms with Gasteiger partial charge in [-0.2, -0.15) is 0 Å². The molecule has 0 spiro atoms. The standard InChI is InChI=1S/C23H17N3O/c1-16-11-12-19(18(15-16)17-7-3-2-4-8-17)26-22-20(9-5-13-24-22)27-21-10-6-14-25-23(21)26/h2-15H,1H3. The van der Waals surface area contributed by atoms with Gasteiger partial charge in [0.1, 0.15) is 0 Å². The van der Waals surface area contributed by atoms with Crippen molar-refractivity contribution in [2.75, 3.05) is 4.90 Å². The van der Waals surface area contributed by atoms with Crippen molar-refractivity contribution in [3.63, 3.8) is 0 Å². The molecule has 5 rings (SSSR count). The van der Waals surface area contributed by atoms with Crippen molar-refractivity contribution in [2.45, 2.75) is 6.92 Å². The monoisotopic (exact) mass is 351 g/mol. The molecule has 130 valence electrons. The molecule has 2 aromatic heterocycles. The Morgan fingerprint density at radius 1 is 0.741 bits per heavy atom. The molecule has 4 heteroatoms. The number of hydrogen-bond acceptors (Lipinski definition) is 4. The second-order valence-corrected chi connectivity index (χ2v) is 6.47. The molecule has 0 amide bonds. The first-order chi connectivity index (χ1) is 13.3. The average molecular weight is 351 g/mol. The summed E-state index contributed by atoms with van der Waals surface area (Å²) < 4.78 is 6.03. The first-order valence-corrected chi connectivity index (χ1v) is 8.85. The van der Waals surface area contributed by atoms with Crippen LogP contribution in [0.5, 0.6) is 11.5 Å². The Kier molecular flexibility index (Phi) is 3.61. The maximum absolute atomic E-state index is 6.03. The molecule has 0 bridgehead atoms. The molecule has 4 aromatic rings. The molecule has 0 fully saturated rings. The Morgan fingerprint density at radius 3 is 2.07 bits per heavy atom. The average Bonchev–Trinajstić information content (AvgIpc) is 2.73. The number of rotatable bonds is 2. The molecule has 1 aliphatic rings. The molecule has 0 saturated heterocycles. The number of benzene rings is 2. The van der Waals surface area contributed by atoms with Crippen LogP contribution in [0.3, 0.4) is 0 Å². The summed E-state index contributed by atoms with van der Waals surface area (Å²) in [5.74, 6) is 2.92. The van der Waals surface area contributed by atoms with Crippen LogP contribution >= 0.6 is 0 Å². The van der Waals surface area contributed by atoms with Crippen molar-refractivity contribution in [3.8, 4) is 22.6 Å². The highest BCUT2D eigenvalue weighted by Gasteiger charge is 2.29. The van der Waals surface area contributed by atoms with Gasteiger partial charge in [-0.15, -0.1) is 0 Å². The third-order valence-corrected chi connectivity index (χ3v) is 4.62. The van der Waals surface area contributed by atoms with E-state index in [1.807, 2.05) is 30.3 Å². The molecule has 0 N–H and O–H groups in total. The summed E-state index contributed by atoms with van der Waals surface area (Å²) in [6.45, 7) is 2.11. The van der Waals surface area contributed by atoms with Crippen molar-refractivity contribution >= 4 is 17.3 Å². The minimum absolute atomic E-state index is 0.720. The molecule has 0 aliphatic carbocycles. The van der Waals surface area contributed by atoms with E-state index in [1.165, 1.54) is 5.56 Å². The maximum Gasteiger partial charge on any atom is 0.182 e. The molecule has 0 radical (unpaired) electrons. The summed E-state index contributed by atoms with van der Waals surface area (Å²) in [6, 6.07) is 24.4. The molecule has 2 aromatic carbocycles. The molecule has 4 nitrogen and oxygen atoms in total. The van der Waals surface area contributed by atoms with Crippen molar-refractivity contribution < 1.29 is 4.74 Å². The highest BCUT2D eigenvalue weighted by atomic mass is 16.5. The van der Waals surface area contributed by atoms with Crippen LogP contribution in [0.2, 0.25) is 0 Å². The van der Waals surface area contributed by atoms with Gasteiger partial charge in [0.25, 0.3) is 0 Å². The number of pyridine rings is 2. The first kappa shape index (κ1) is 15.6. The number of aromatic nitrogens is 2. The van der Waals surface area contributed by atoms with Crippen LogP contribution in [0.4, 0.5) is 17.3 Å². The van der Waals surface area contributed by atoms with Gasteiger partial charge in [-0.05, 0) is 48.9 Å². The number of hydrogen-bond donors (Lipinski definition) is 0. The Hall–Kier alpha value is -3.66. The molecule has 0 saturated carbocycles. The van der Waals surface area contributed by atoms with Gasteiger partial charge in [-0.25, -0.2) is 9.97 Å². The summed E-state index contributed by atoms with van der Waals surface area (Å²) in [6.07, 6.45) is 3.55. The molecule has 0 atom stereocenters. The molecular formula is C23H17N3O. The fraction of sp³-hybridized carbons (Fsp3) is 0.0435. The van der Waals surface area contributed by atoms with Gasteiger partial charge in [0, 0.05) is 18.0 Å². The number of aryl methyl sites for hydroxylation is 1. The molecule has 0 unspecified atom stereocenters.